The van der Waals surface area contributed by atoms with Gasteiger partial charge in [0.15, 0.2) is 0 Å². The Morgan fingerprint density at radius 3 is 3.08 bits per heavy atom. The topological polar surface area (TPSA) is 68.3 Å². The molecule has 0 amide bonds. The van der Waals surface area contributed by atoms with E-state index in [1.165, 1.54) is 6.07 Å². The largest absolute Gasteiger partial charge is 0.475 e. The minimum absolute atomic E-state index is 0.0758. The van der Waals surface area contributed by atoms with Gasteiger partial charge in [-0.25, -0.2) is 4.79 Å². The van der Waals surface area contributed by atoms with Crippen LogP contribution in [0.2, 0.25) is 0 Å². The van der Waals surface area contributed by atoms with Gasteiger partial charge in [-0.2, -0.15) is 0 Å². The first-order valence-electron chi connectivity index (χ1n) is 3.33. The molecule has 2 aromatic rings. The summed E-state index contributed by atoms with van der Waals surface area (Å²) < 4.78 is 6.49. The summed E-state index contributed by atoms with van der Waals surface area (Å²) in [6.07, 6.45) is 1.70. The summed E-state index contributed by atoms with van der Waals surface area (Å²) in [5.41, 5.74) is 0.356. The van der Waals surface area contributed by atoms with Crippen LogP contribution in [0.25, 0.3) is 11.1 Å². The summed E-state index contributed by atoms with van der Waals surface area (Å²) in [6, 6.07) is 1.45. The third-order valence-electron chi connectivity index (χ3n) is 1.53. The molecule has 0 bridgehead atoms. The second kappa shape index (κ2) is 2.10. The van der Waals surface area contributed by atoms with Crippen molar-refractivity contribution in [3.63, 3.8) is 0 Å². The quantitative estimate of drug-likeness (QED) is 0.682. The van der Waals surface area contributed by atoms with Crippen LogP contribution in [0.1, 0.15) is 10.6 Å². The van der Waals surface area contributed by atoms with Crippen LogP contribution in [0.3, 0.4) is 0 Å². The Balaban J connectivity index is 2.64. The molecule has 12 heavy (non-hydrogen) atoms. The summed E-state index contributed by atoms with van der Waals surface area (Å²) in [4.78, 5) is 10.4. The Morgan fingerprint density at radius 2 is 2.50 bits per heavy atom. The average Bonchev–Trinajstić information content (AvgIpc) is 2.42. The monoisotopic (exact) mass is 166 g/mol. The van der Waals surface area contributed by atoms with Gasteiger partial charge in [0.1, 0.15) is 0 Å². The van der Waals surface area contributed by atoms with E-state index in [9.17, 15) is 4.79 Å². The molecule has 62 valence electrons. The maximum Gasteiger partial charge on any atom is 0.371 e. The first kappa shape index (κ1) is 6.90. The molecule has 0 aliphatic heterocycles. The highest BCUT2D eigenvalue weighted by Gasteiger charge is 2.11. The molecule has 0 aliphatic rings. The Labute approximate surface area is 67.2 Å². The zero-order chi connectivity index (χ0) is 8.72. The molecule has 0 saturated carbocycles. The molecule has 0 atom stereocenters. The highest BCUT2D eigenvalue weighted by molar-refractivity contribution is 5.90. The number of rotatable bonds is 1. The number of aryl methyl sites for hydroxylation is 1. The van der Waals surface area contributed by atoms with Gasteiger partial charge in [0.05, 0.1) is 5.39 Å². The van der Waals surface area contributed by atoms with Crippen molar-refractivity contribution in [2.45, 2.75) is 0 Å². The van der Waals surface area contributed by atoms with E-state index in [-0.39, 0.29) is 5.76 Å². The lowest BCUT2D eigenvalue weighted by Gasteiger charge is -1.84. The van der Waals surface area contributed by atoms with E-state index in [0.717, 1.165) is 0 Å². The van der Waals surface area contributed by atoms with Crippen LogP contribution in [-0.4, -0.2) is 20.9 Å². The van der Waals surface area contributed by atoms with Crippen molar-refractivity contribution < 1.29 is 14.3 Å². The third kappa shape index (κ3) is 0.868. The second-order valence-corrected chi connectivity index (χ2v) is 2.48. The molecule has 0 aliphatic carbocycles. The van der Waals surface area contributed by atoms with E-state index in [1.807, 2.05) is 0 Å². The predicted octanol–water partition coefficient (Wildman–Crippen LogP) is 0.865. The highest BCUT2D eigenvalue weighted by atomic mass is 16.4. The van der Waals surface area contributed by atoms with Crippen molar-refractivity contribution in [2.24, 2.45) is 7.05 Å². The van der Waals surface area contributed by atoms with Crippen LogP contribution in [0.5, 0.6) is 0 Å². The fourth-order valence-electron chi connectivity index (χ4n) is 1.04. The predicted molar refractivity (Wildman–Crippen MR) is 39.9 cm³/mol. The Morgan fingerprint density at radius 1 is 1.75 bits per heavy atom. The molecule has 2 aromatic heterocycles. The molecule has 0 aromatic carbocycles. The van der Waals surface area contributed by atoms with E-state index in [0.29, 0.717) is 11.1 Å². The Bertz CT molecular complexity index is 409. The normalized spacial score (nSPS) is 10.8. The van der Waals surface area contributed by atoms with Crippen molar-refractivity contribution >= 4 is 17.1 Å². The molecule has 0 radical (unpaired) electrons. The van der Waals surface area contributed by atoms with E-state index in [1.54, 1.807) is 17.9 Å². The molecule has 1 N–H and O–H groups in total. The van der Waals surface area contributed by atoms with Crippen molar-refractivity contribution in [3.05, 3.63) is 18.0 Å². The smallest absolute Gasteiger partial charge is 0.371 e. The average molecular weight is 166 g/mol. The molecule has 2 rings (SSSR count). The van der Waals surface area contributed by atoms with Crippen LogP contribution in [-0.2, 0) is 7.05 Å². The summed E-state index contributed by atoms with van der Waals surface area (Å²) in [7, 11) is 1.75. The molecule has 5 nitrogen and oxygen atoms in total. The van der Waals surface area contributed by atoms with E-state index in [2.05, 4.69) is 5.10 Å². The van der Waals surface area contributed by atoms with E-state index < -0.39 is 5.97 Å². The molecule has 0 unspecified atom stereocenters. The highest BCUT2D eigenvalue weighted by Crippen LogP contribution is 2.16. The fourth-order valence-corrected chi connectivity index (χ4v) is 1.04. The summed E-state index contributed by atoms with van der Waals surface area (Å²) in [6.45, 7) is 0. The zero-order valence-corrected chi connectivity index (χ0v) is 6.31. The molecule has 0 saturated heterocycles. The first-order valence-corrected chi connectivity index (χ1v) is 3.33. The number of carboxylic acids is 1. The maximum atomic E-state index is 10.4. The van der Waals surface area contributed by atoms with Gasteiger partial charge in [-0.15, -0.1) is 5.10 Å². The van der Waals surface area contributed by atoms with Crippen LogP contribution in [0, 0.1) is 0 Å². The van der Waals surface area contributed by atoms with E-state index in [4.69, 9.17) is 9.52 Å². The number of carbonyl (C=O) groups is 1. The van der Waals surface area contributed by atoms with E-state index >= 15 is 0 Å². The van der Waals surface area contributed by atoms with Gasteiger partial charge in [-0.3, -0.25) is 4.68 Å². The SMILES string of the molecule is Cn1cc2cc(C(=O)O)oc2n1. The lowest BCUT2D eigenvalue weighted by Crippen LogP contribution is -1.92. The number of nitrogens with zero attached hydrogens (tertiary/aromatic N) is 2. The standard InChI is InChI=1S/C7H6N2O3/c1-9-3-4-2-5(7(10)11)12-6(4)8-9/h2-3H,1H3,(H,10,11). The number of hydrogen-bond acceptors (Lipinski definition) is 3. The molecule has 5 heteroatoms. The summed E-state index contributed by atoms with van der Waals surface area (Å²) in [5.74, 6) is -1.15. The maximum absolute atomic E-state index is 10.4. The second-order valence-electron chi connectivity index (χ2n) is 2.48. The van der Waals surface area contributed by atoms with Gasteiger partial charge < -0.3 is 9.52 Å². The number of carboxylic acid groups (broad SMARTS) is 1. The van der Waals surface area contributed by atoms with Crippen LogP contribution >= 0.6 is 0 Å². The number of aromatic carboxylic acids is 1. The van der Waals surface area contributed by atoms with Crippen molar-refractivity contribution in [1.82, 2.24) is 9.78 Å². The van der Waals surface area contributed by atoms with Crippen molar-refractivity contribution in [1.29, 1.82) is 0 Å². The summed E-state index contributed by atoms with van der Waals surface area (Å²) in [5, 5.41) is 13.2. The van der Waals surface area contributed by atoms with Gasteiger partial charge in [0.2, 0.25) is 11.5 Å². The third-order valence-corrected chi connectivity index (χ3v) is 1.53. The zero-order valence-electron chi connectivity index (χ0n) is 6.31. The minimum Gasteiger partial charge on any atom is -0.475 e. The van der Waals surface area contributed by atoms with Crippen molar-refractivity contribution in [2.75, 3.05) is 0 Å². The molecule has 0 spiro atoms. The van der Waals surface area contributed by atoms with Gasteiger partial charge >= 0.3 is 5.97 Å². The summed E-state index contributed by atoms with van der Waals surface area (Å²) >= 11 is 0. The molecule has 2 heterocycles. The number of aromatic nitrogens is 2. The van der Waals surface area contributed by atoms with Crippen LogP contribution < -0.4 is 0 Å². The lowest BCUT2D eigenvalue weighted by atomic mass is 10.4. The number of furan rings is 1. The van der Waals surface area contributed by atoms with Gasteiger partial charge in [0.25, 0.3) is 0 Å². The fraction of sp³-hybridized carbons (Fsp3) is 0.143. The van der Waals surface area contributed by atoms with Crippen molar-refractivity contribution in [3.8, 4) is 0 Å². The van der Waals surface area contributed by atoms with Gasteiger partial charge in [-0.1, -0.05) is 0 Å². The first-order chi connectivity index (χ1) is 5.66. The molecular formula is C7H6N2O3. The van der Waals surface area contributed by atoms with Crippen LogP contribution in [0.4, 0.5) is 0 Å². The number of hydrogen-bond donors (Lipinski definition) is 1. The number of fused-ring (bicyclic) bond motifs is 1. The van der Waals surface area contributed by atoms with Gasteiger partial charge in [-0.05, 0) is 0 Å². The van der Waals surface area contributed by atoms with Crippen LogP contribution in [0.15, 0.2) is 16.7 Å². The minimum atomic E-state index is -1.07. The molecule has 0 fully saturated rings. The Hall–Kier alpha value is -1.78. The molecular weight excluding hydrogens is 160 g/mol. The Kier molecular flexibility index (Phi) is 1.21. The lowest BCUT2D eigenvalue weighted by molar-refractivity contribution is 0.0664. The van der Waals surface area contributed by atoms with Gasteiger partial charge in [0, 0.05) is 19.3 Å².